The normalized spacial score (nSPS) is 12.6. The van der Waals surface area contributed by atoms with Gasteiger partial charge < -0.3 is 5.11 Å². The quantitative estimate of drug-likeness (QED) is 0.848. The van der Waals surface area contributed by atoms with Gasteiger partial charge >= 0.3 is 5.97 Å². The van der Waals surface area contributed by atoms with Crippen molar-refractivity contribution in [3.63, 3.8) is 0 Å². The molecule has 2 rings (SSSR count). The number of fused-ring (bicyclic) bond motifs is 1. The van der Waals surface area contributed by atoms with Gasteiger partial charge in [-0.15, -0.1) is 0 Å². The zero-order chi connectivity index (χ0) is 12.6. The molecule has 0 aliphatic heterocycles. The average molecular weight is 232 g/mol. The van der Waals surface area contributed by atoms with Crippen LogP contribution < -0.4 is 5.56 Å². The summed E-state index contributed by atoms with van der Waals surface area (Å²) in [6.45, 7) is 3.10. The first-order valence-electron chi connectivity index (χ1n) is 5.23. The third-order valence-corrected chi connectivity index (χ3v) is 2.73. The fourth-order valence-electron chi connectivity index (χ4n) is 1.82. The Morgan fingerprint density at radius 2 is 2.06 bits per heavy atom. The second-order valence-corrected chi connectivity index (χ2v) is 3.87. The van der Waals surface area contributed by atoms with E-state index in [0.717, 1.165) is 0 Å². The molecule has 1 atom stereocenters. The first kappa shape index (κ1) is 11.3. The molecule has 0 bridgehead atoms. The molecule has 5 nitrogen and oxygen atoms in total. The largest absolute Gasteiger partial charge is 0.480 e. The zero-order valence-electron chi connectivity index (χ0n) is 9.54. The molecule has 0 amide bonds. The number of hydrogen-bond acceptors (Lipinski definition) is 3. The Morgan fingerprint density at radius 1 is 1.41 bits per heavy atom. The minimum Gasteiger partial charge on any atom is -0.480 e. The molecule has 1 aromatic heterocycles. The van der Waals surface area contributed by atoms with Crippen LogP contribution >= 0.6 is 0 Å². The Hall–Kier alpha value is -2.17. The van der Waals surface area contributed by atoms with Gasteiger partial charge in [0, 0.05) is 0 Å². The number of nitrogens with zero attached hydrogens (tertiary/aromatic N) is 2. The number of hydrogen-bond donors (Lipinski definition) is 1. The van der Waals surface area contributed by atoms with Gasteiger partial charge in [0.05, 0.1) is 10.9 Å². The summed E-state index contributed by atoms with van der Waals surface area (Å²) in [7, 11) is 0. The number of rotatable bonds is 2. The van der Waals surface area contributed by atoms with E-state index < -0.39 is 12.0 Å². The molecular formula is C12H12N2O3. The minimum absolute atomic E-state index is 0.317. The minimum atomic E-state index is -1.05. The van der Waals surface area contributed by atoms with Crippen LogP contribution in [-0.4, -0.2) is 20.6 Å². The third-order valence-electron chi connectivity index (χ3n) is 2.73. The second kappa shape index (κ2) is 4.01. The maximum Gasteiger partial charge on any atom is 0.326 e. The Labute approximate surface area is 97.3 Å². The van der Waals surface area contributed by atoms with Crippen molar-refractivity contribution in [1.82, 2.24) is 9.55 Å². The smallest absolute Gasteiger partial charge is 0.326 e. The molecular weight excluding hydrogens is 220 g/mol. The molecule has 1 N–H and O–H groups in total. The van der Waals surface area contributed by atoms with E-state index in [4.69, 9.17) is 5.11 Å². The molecule has 0 aliphatic rings. The molecule has 0 saturated heterocycles. The summed E-state index contributed by atoms with van der Waals surface area (Å²) in [6.07, 6.45) is 0. The van der Waals surface area contributed by atoms with E-state index in [1.54, 1.807) is 31.2 Å². The maximum absolute atomic E-state index is 12.2. The highest BCUT2D eigenvalue weighted by atomic mass is 16.4. The molecule has 0 radical (unpaired) electrons. The number of para-hydroxylation sites is 1. The van der Waals surface area contributed by atoms with E-state index in [0.29, 0.717) is 16.7 Å². The number of aliphatic carboxylic acids is 1. The van der Waals surface area contributed by atoms with Gasteiger partial charge in [-0.05, 0) is 26.0 Å². The standard InChI is InChI=1S/C12H12N2O3/c1-7(12(16)17)14-8(2)13-10-6-4-3-5-9(10)11(14)15/h3-7H,1-2H3,(H,16,17). The van der Waals surface area contributed by atoms with Crippen LogP contribution in [0.1, 0.15) is 18.8 Å². The van der Waals surface area contributed by atoms with Crippen molar-refractivity contribution in [1.29, 1.82) is 0 Å². The van der Waals surface area contributed by atoms with E-state index in [1.807, 2.05) is 0 Å². The van der Waals surface area contributed by atoms with E-state index in [1.165, 1.54) is 11.5 Å². The van der Waals surface area contributed by atoms with Crippen molar-refractivity contribution in [2.45, 2.75) is 19.9 Å². The maximum atomic E-state index is 12.2. The average Bonchev–Trinajstić information content (AvgIpc) is 2.28. The van der Waals surface area contributed by atoms with E-state index in [-0.39, 0.29) is 5.56 Å². The van der Waals surface area contributed by atoms with Crippen LogP contribution in [-0.2, 0) is 4.79 Å². The molecule has 5 heteroatoms. The Kier molecular flexibility index (Phi) is 2.67. The number of carboxylic acid groups (broad SMARTS) is 1. The zero-order valence-corrected chi connectivity index (χ0v) is 9.54. The molecule has 2 aromatic rings. The first-order chi connectivity index (χ1) is 8.02. The number of benzene rings is 1. The number of aromatic nitrogens is 2. The molecule has 1 unspecified atom stereocenters. The van der Waals surface area contributed by atoms with Crippen molar-refractivity contribution in [3.05, 3.63) is 40.4 Å². The summed E-state index contributed by atoms with van der Waals surface area (Å²) in [5, 5.41) is 9.41. The van der Waals surface area contributed by atoms with Crippen molar-refractivity contribution >= 4 is 16.9 Å². The lowest BCUT2D eigenvalue weighted by molar-refractivity contribution is -0.140. The summed E-state index contributed by atoms with van der Waals surface area (Å²) in [5.74, 6) is -0.643. The lowest BCUT2D eigenvalue weighted by atomic mass is 10.2. The molecule has 0 fully saturated rings. The molecule has 1 aromatic carbocycles. The number of carbonyl (C=O) groups is 1. The topological polar surface area (TPSA) is 72.2 Å². The molecule has 88 valence electrons. The van der Waals surface area contributed by atoms with Crippen LogP contribution in [0.4, 0.5) is 0 Å². The van der Waals surface area contributed by atoms with Gasteiger partial charge in [0.1, 0.15) is 11.9 Å². The van der Waals surface area contributed by atoms with E-state index >= 15 is 0 Å². The predicted octanol–water partition coefficient (Wildman–Crippen LogP) is 1.35. The van der Waals surface area contributed by atoms with Crippen LogP contribution in [0, 0.1) is 6.92 Å². The lowest BCUT2D eigenvalue weighted by Crippen LogP contribution is -2.30. The van der Waals surface area contributed by atoms with E-state index in [9.17, 15) is 9.59 Å². The van der Waals surface area contributed by atoms with Crippen LogP contribution in [0.2, 0.25) is 0 Å². The predicted molar refractivity (Wildman–Crippen MR) is 63.1 cm³/mol. The van der Waals surface area contributed by atoms with Crippen molar-refractivity contribution in [3.8, 4) is 0 Å². The SMILES string of the molecule is Cc1nc2ccccc2c(=O)n1C(C)C(=O)O. The summed E-state index contributed by atoms with van der Waals surface area (Å²) in [4.78, 5) is 27.3. The number of aryl methyl sites for hydroxylation is 1. The molecule has 0 aliphatic carbocycles. The van der Waals surface area contributed by atoms with Gasteiger partial charge in [0.2, 0.25) is 0 Å². The fourth-order valence-corrected chi connectivity index (χ4v) is 1.82. The summed E-state index contributed by atoms with van der Waals surface area (Å²) < 4.78 is 1.20. The van der Waals surface area contributed by atoms with Crippen LogP contribution in [0.25, 0.3) is 10.9 Å². The van der Waals surface area contributed by atoms with Gasteiger partial charge in [-0.3, -0.25) is 9.36 Å². The van der Waals surface area contributed by atoms with Crippen LogP contribution in [0.3, 0.4) is 0 Å². The van der Waals surface area contributed by atoms with E-state index in [2.05, 4.69) is 4.98 Å². The lowest BCUT2D eigenvalue weighted by Gasteiger charge is -2.14. The highest BCUT2D eigenvalue weighted by Gasteiger charge is 2.18. The highest BCUT2D eigenvalue weighted by Crippen LogP contribution is 2.11. The molecule has 0 saturated carbocycles. The van der Waals surface area contributed by atoms with Gasteiger partial charge in [-0.1, -0.05) is 12.1 Å². The van der Waals surface area contributed by atoms with Crippen molar-refractivity contribution < 1.29 is 9.90 Å². The monoisotopic (exact) mass is 232 g/mol. The van der Waals surface area contributed by atoms with Gasteiger partial charge in [-0.2, -0.15) is 0 Å². The summed E-state index contributed by atoms with van der Waals surface area (Å²) in [5.41, 5.74) is 0.270. The molecule has 0 spiro atoms. The van der Waals surface area contributed by atoms with Gasteiger partial charge in [0.15, 0.2) is 0 Å². The molecule has 1 heterocycles. The summed E-state index contributed by atoms with van der Waals surface area (Å²) >= 11 is 0. The third kappa shape index (κ3) is 1.80. The fraction of sp³-hybridized carbons (Fsp3) is 0.250. The van der Waals surface area contributed by atoms with Crippen molar-refractivity contribution in [2.24, 2.45) is 0 Å². The van der Waals surface area contributed by atoms with Crippen molar-refractivity contribution in [2.75, 3.05) is 0 Å². The van der Waals surface area contributed by atoms with Crippen LogP contribution in [0.15, 0.2) is 29.1 Å². The first-order valence-corrected chi connectivity index (χ1v) is 5.23. The van der Waals surface area contributed by atoms with Crippen LogP contribution in [0.5, 0.6) is 0 Å². The highest BCUT2D eigenvalue weighted by molar-refractivity contribution is 5.78. The Balaban J connectivity index is 2.81. The van der Waals surface area contributed by atoms with Gasteiger partial charge in [-0.25, -0.2) is 9.78 Å². The summed E-state index contributed by atoms with van der Waals surface area (Å²) in [6, 6.07) is 5.99. The van der Waals surface area contributed by atoms with Gasteiger partial charge in [0.25, 0.3) is 5.56 Å². The Bertz CT molecular complexity index is 646. The second-order valence-electron chi connectivity index (χ2n) is 3.87. The Morgan fingerprint density at radius 3 is 2.71 bits per heavy atom. The number of carboxylic acids is 1. The molecule has 17 heavy (non-hydrogen) atoms.